The molecule has 0 aliphatic carbocycles. The van der Waals surface area contributed by atoms with Gasteiger partial charge in [0.15, 0.2) is 0 Å². The summed E-state index contributed by atoms with van der Waals surface area (Å²) in [7, 11) is -1.69. The molecule has 2 rings (SSSR count). The number of hydrogen-bond acceptors (Lipinski definition) is 5. The fraction of sp³-hybridized carbons (Fsp3) is 0.900. The lowest BCUT2D eigenvalue weighted by atomic mass is 10.1. The van der Waals surface area contributed by atoms with E-state index in [9.17, 15) is 13.2 Å². The van der Waals surface area contributed by atoms with Crippen LogP contribution in [0, 0.1) is 0 Å². The van der Waals surface area contributed by atoms with E-state index >= 15 is 0 Å². The number of hydrogen-bond donors (Lipinski definition) is 1. The molecule has 1 N–H and O–H groups in total. The van der Waals surface area contributed by atoms with E-state index < -0.39 is 16.1 Å². The molecular formula is C10H19N3O4S. The predicted molar refractivity (Wildman–Crippen MR) is 65.0 cm³/mol. The van der Waals surface area contributed by atoms with E-state index in [1.807, 2.05) is 0 Å². The first kappa shape index (κ1) is 13.6. The summed E-state index contributed by atoms with van der Waals surface area (Å²) in [4.78, 5) is 18.1. The second kappa shape index (κ2) is 5.02. The fourth-order valence-corrected chi connectivity index (χ4v) is 2.87. The Balaban J connectivity index is 2.12. The van der Waals surface area contributed by atoms with Crippen molar-refractivity contribution in [1.29, 1.82) is 0 Å². The maximum absolute atomic E-state index is 11.7. The summed E-state index contributed by atoms with van der Waals surface area (Å²) in [6.07, 6.45) is 4.26. The minimum absolute atomic E-state index is 0.125. The molecule has 7 nitrogen and oxygen atoms in total. The molecule has 2 fully saturated rings. The molecule has 0 radical (unpaired) electrons. The molecule has 2 atom stereocenters. The van der Waals surface area contributed by atoms with Crippen LogP contribution in [0.2, 0.25) is 0 Å². The average molecular weight is 277 g/mol. The second-order valence-corrected chi connectivity index (χ2v) is 6.98. The van der Waals surface area contributed by atoms with Crippen molar-refractivity contribution in [3.05, 3.63) is 0 Å². The van der Waals surface area contributed by atoms with Crippen molar-refractivity contribution in [3.8, 4) is 0 Å². The third-order valence-electron chi connectivity index (χ3n) is 3.52. The van der Waals surface area contributed by atoms with Crippen LogP contribution in [0.25, 0.3) is 0 Å². The Kier molecular flexibility index (Phi) is 3.79. The maximum Gasteiger partial charge on any atom is 0.430 e. The molecule has 2 heterocycles. The van der Waals surface area contributed by atoms with Gasteiger partial charge >= 0.3 is 6.09 Å². The van der Waals surface area contributed by atoms with Crippen molar-refractivity contribution in [2.75, 3.05) is 19.8 Å². The first-order chi connectivity index (χ1) is 8.39. The van der Waals surface area contributed by atoms with Gasteiger partial charge in [0.05, 0.1) is 12.3 Å². The summed E-state index contributed by atoms with van der Waals surface area (Å²) in [6.45, 7) is 0.312. The van der Waals surface area contributed by atoms with Crippen LogP contribution in [0.4, 0.5) is 4.79 Å². The summed E-state index contributed by atoms with van der Waals surface area (Å²) in [5.74, 6) is 0. The second-order valence-electron chi connectivity index (χ2n) is 4.89. The maximum atomic E-state index is 11.7. The number of sulfonamides is 1. The van der Waals surface area contributed by atoms with E-state index in [1.165, 1.54) is 17.6 Å². The summed E-state index contributed by atoms with van der Waals surface area (Å²) in [5.41, 5.74) is 2.70. The molecule has 1 amide bonds. The highest BCUT2D eigenvalue weighted by atomic mass is 32.2. The molecule has 2 aliphatic rings. The van der Waals surface area contributed by atoms with Crippen LogP contribution >= 0.6 is 0 Å². The topological polar surface area (TPSA) is 79.0 Å². The molecule has 2 aliphatic heterocycles. The highest BCUT2D eigenvalue weighted by Gasteiger charge is 2.40. The van der Waals surface area contributed by atoms with Crippen molar-refractivity contribution in [2.24, 2.45) is 0 Å². The van der Waals surface area contributed by atoms with Crippen molar-refractivity contribution in [1.82, 2.24) is 14.7 Å². The number of rotatable bonds is 3. The molecule has 0 bridgehead atoms. The largest absolute Gasteiger partial charge is 0.430 e. The number of amides is 1. The van der Waals surface area contributed by atoms with Crippen LogP contribution in [-0.2, 0) is 14.9 Å². The van der Waals surface area contributed by atoms with Gasteiger partial charge < -0.3 is 4.84 Å². The fourth-order valence-electron chi connectivity index (χ4n) is 2.42. The smallest absolute Gasteiger partial charge is 0.352 e. The molecule has 104 valence electrons. The van der Waals surface area contributed by atoms with E-state index in [1.54, 1.807) is 4.90 Å². The number of hydroxylamine groups is 1. The zero-order valence-electron chi connectivity index (χ0n) is 10.6. The molecule has 2 saturated heterocycles. The Morgan fingerprint density at radius 3 is 2.78 bits per heavy atom. The molecule has 2 unspecified atom stereocenters. The normalized spacial score (nSPS) is 29.1. The number of carbonyl (C=O) groups is 1. The Bertz CT molecular complexity index is 425. The number of nitrogens with one attached hydrogen (secondary N) is 1. The lowest BCUT2D eigenvalue weighted by Crippen LogP contribution is -2.48. The lowest BCUT2D eigenvalue weighted by Gasteiger charge is -2.30. The van der Waals surface area contributed by atoms with Gasteiger partial charge in [0, 0.05) is 13.6 Å². The third kappa shape index (κ3) is 2.76. The number of likely N-dealkylation sites (N-methyl/N-ethyl adjacent to an activating group) is 1. The van der Waals surface area contributed by atoms with Gasteiger partial charge in [0.1, 0.15) is 6.17 Å². The zero-order valence-corrected chi connectivity index (χ0v) is 11.4. The molecule has 0 aromatic heterocycles. The van der Waals surface area contributed by atoms with Gasteiger partial charge in [-0.2, -0.15) is 0 Å². The van der Waals surface area contributed by atoms with Crippen LogP contribution in [0.15, 0.2) is 0 Å². The van der Waals surface area contributed by atoms with E-state index in [0.29, 0.717) is 6.54 Å². The van der Waals surface area contributed by atoms with Gasteiger partial charge in [-0.1, -0.05) is 6.42 Å². The summed E-state index contributed by atoms with van der Waals surface area (Å²) >= 11 is 0. The molecule has 0 saturated carbocycles. The number of nitrogens with zero attached hydrogens (tertiary/aromatic N) is 2. The van der Waals surface area contributed by atoms with Crippen molar-refractivity contribution >= 4 is 16.1 Å². The van der Waals surface area contributed by atoms with Gasteiger partial charge in [-0.15, -0.1) is 5.48 Å². The lowest BCUT2D eigenvalue weighted by molar-refractivity contribution is 0.117. The summed E-state index contributed by atoms with van der Waals surface area (Å²) in [5, 5.41) is 0. The quantitative estimate of drug-likeness (QED) is 0.791. The van der Waals surface area contributed by atoms with E-state index in [2.05, 4.69) is 5.48 Å². The zero-order chi connectivity index (χ0) is 13.3. The molecule has 0 spiro atoms. The van der Waals surface area contributed by atoms with Crippen LogP contribution in [0.3, 0.4) is 0 Å². The van der Waals surface area contributed by atoms with Crippen LogP contribution in [0.1, 0.15) is 25.7 Å². The highest BCUT2D eigenvalue weighted by molar-refractivity contribution is 7.88. The Morgan fingerprint density at radius 2 is 2.11 bits per heavy atom. The van der Waals surface area contributed by atoms with Gasteiger partial charge in [-0.05, 0) is 19.3 Å². The van der Waals surface area contributed by atoms with Crippen molar-refractivity contribution < 1.29 is 18.0 Å². The Labute approximate surface area is 107 Å². The predicted octanol–water partition coefficient (Wildman–Crippen LogP) is 0.103. The van der Waals surface area contributed by atoms with Crippen molar-refractivity contribution in [2.45, 2.75) is 37.9 Å². The molecule has 18 heavy (non-hydrogen) atoms. The SMILES string of the molecule is CN(CC1CCCCC2NOC(=O)N12)S(C)(=O)=O. The molecule has 0 aromatic rings. The van der Waals surface area contributed by atoms with Gasteiger partial charge in [0.2, 0.25) is 10.0 Å². The van der Waals surface area contributed by atoms with Gasteiger partial charge in [-0.25, -0.2) is 17.5 Å². The third-order valence-corrected chi connectivity index (χ3v) is 4.80. The molecule has 8 heteroatoms. The number of fused-ring (bicyclic) bond motifs is 1. The van der Waals surface area contributed by atoms with Crippen LogP contribution in [0.5, 0.6) is 0 Å². The first-order valence-corrected chi connectivity index (χ1v) is 7.90. The standard InChI is InChI=1S/C10H19N3O4S/c1-12(18(2,15)16)7-8-5-3-4-6-9-11-17-10(14)13(8)9/h8-9,11H,3-7H2,1-2H3. The number of carbonyl (C=O) groups excluding carboxylic acids is 1. The minimum atomic E-state index is -3.23. The average Bonchev–Trinajstić information content (AvgIpc) is 2.52. The first-order valence-electron chi connectivity index (χ1n) is 6.05. The monoisotopic (exact) mass is 277 g/mol. The van der Waals surface area contributed by atoms with Gasteiger partial charge in [0.25, 0.3) is 0 Å². The minimum Gasteiger partial charge on any atom is -0.352 e. The molecular weight excluding hydrogens is 258 g/mol. The van der Waals surface area contributed by atoms with E-state index in [4.69, 9.17) is 4.84 Å². The van der Waals surface area contributed by atoms with Crippen LogP contribution < -0.4 is 5.48 Å². The van der Waals surface area contributed by atoms with Crippen molar-refractivity contribution in [3.63, 3.8) is 0 Å². The van der Waals surface area contributed by atoms with E-state index in [0.717, 1.165) is 25.7 Å². The highest BCUT2D eigenvalue weighted by Crippen LogP contribution is 2.25. The molecule has 0 aromatic carbocycles. The van der Waals surface area contributed by atoms with Crippen LogP contribution in [-0.4, -0.2) is 55.8 Å². The van der Waals surface area contributed by atoms with E-state index in [-0.39, 0.29) is 12.2 Å². The Morgan fingerprint density at radius 1 is 1.44 bits per heavy atom. The van der Waals surface area contributed by atoms with Gasteiger partial charge in [-0.3, -0.25) is 4.90 Å². The summed E-state index contributed by atoms with van der Waals surface area (Å²) < 4.78 is 24.2. The Hall–Kier alpha value is -0.860. The summed E-state index contributed by atoms with van der Waals surface area (Å²) in [6, 6.07) is -0.125.